The average molecular weight is 386 g/mol. The van der Waals surface area contributed by atoms with E-state index in [9.17, 15) is 14.9 Å². The molecule has 1 saturated carbocycles. The number of fused-ring (bicyclic) bond motifs is 2. The summed E-state index contributed by atoms with van der Waals surface area (Å²) in [6.07, 6.45) is 4.15. The molecule has 5 nitrogen and oxygen atoms in total. The van der Waals surface area contributed by atoms with Crippen LogP contribution in [0, 0.1) is 22.7 Å². The fourth-order valence-electron chi connectivity index (χ4n) is 5.12. The Bertz CT molecular complexity index is 798. The van der Waals surface area contributed by atoms with Crippen LogP contribution in [-0.2, 0) is 4.79 Å². The van der Waals surface area contributed by atoms with Gasteiger partial charge in [-0.05, 0) is 56.2 Å². The number of carbonyl (C=O) groups excluding carboxylic acids is 2. The molecule has 1 aliphatic carbocycles. The van der Waals surface area contributed by atoms with Gasteiger partial charge in [-0.25, -0.2) is 0 Å². The Hall–Kier alpha value is -2.06. The summed E-state index contributed by atoms with van der Waals surface area (Å²) in [6.45, 7) is 3.14. The van der Waals surface area contributed by atoms with Gasteiger partial charge in [-0.2, -0.15) is 5.26 Å². The zero-order valence-electron chi connectivity index (χ0n) is 15.5. The second-order valence-corrected chi connectivity index (χ2v) is 8.82. The lowest BCUT2D eigenvalue weighted by Gasteiger charge is -2.52. The zero-order chi connectivity index (χ0) is 19.2. The maximum absolute atomic E-state index is 13.1. The van der Waals surface area contributed by atoms with Gasteiger partial charge in [-0.1, -0.05) is 24.6 Å². The predicted molar refractivity (Wildman–Crippen MR) is 102 cm³/mol. The molecule has 2 unspecified atom stereocenters. The molecule has 0 radical (unpaired) electrons. The van der Waals surface area contributed by atoms with Crippen molar-refractivity contribution in [2.75, 3.05) is 13.1 Å². The van der Waals surface area contributed by atoms with Crippen molar-refractivity contribution in [3.05, 3.63) is 34.9 Å². The molecule has 6 heteroatoms. The molecular formula is C21H24ClN3O2. The molecular weight excluding hydrogens is 362 g/mol. The summed E-state index contributed by atoms with van der Waals surface area (Å²) in [7, 11) is 0. The second kappa shape index (κ2) is 6.83. The molecule has 1 aromatic carbocycles. The van der Waals surface area contributed by atoms with Crippen LogP contribution in [0.1, 0.15) is 49.4 Å². The van der Waals surface area contributed by atoms with E-state index in [1.807, 2.05) is 9.80 Å². The molecule has 4 rings (SSSR count). The van der Waals surface area contributed by atoms with Crippen molar-refractivity contribution in [2.45, 2.75) is 51.1 Å². The quantitative estimate of drug-likeness (QED) is 0.782. The first-order chi connectivity index (χ1) is 12.9. The highest BCUT2D eigenvalue weighted by Crippen LogP contribution is 2.47. The van der Waals surface area contributed by atoms with Gasteiger partial charge in [-0.3, -0.25) is 9.59 Å². The molecule has 142 valence electrons. The fourth-order valence-corrected chi connectivity index (χ4v) is 5.31. The van der Waals surface area contributed by atoms with Gasteiger partial charge in [0, 0.05) is 35.8 Å². The number of rotatable bonds is 2. The van der Waals surface area contributed by atoms with Crippen LogP contribution in [0.25, 0.3) is 0 Å². The van der Waals surface area contributed by atoms with Crippen molar-refractivity contribution >= 4 is 23.4 Å². The minimum atomic E-state index is -0.840. The number of benzene rings is 1. The lowest BCUT2D eigenvalue weighted by Crippen LogP contribution is -2.65. The highest BCUT2D eigenvalue weighted by molar-refractivity contribution is 6.30. The summed E-state index contributed by atoms with van der Waals surface area (Å²) >= 11 is 6.06. The SMILES string of the molecule is CC1CC(C#N)(C(=O)N2CC3CCCC(C2)N3C(=O)c2cccc(Cl)c2)C1. The van der Waals surface area contributed by atoms with Crippen molar-refractivity contribution in [2.24, 2.45) is 11.3 Å². The highest BCUT2D eigenvalue weighted by Gasteiger charge is 2.53. The zero-order valence-corrected chi connectivity index (χ0v) is 16.3. The van der Waals surface area contributed by atoms with Crippen LogP contribution >= 0.6 is 11.6 Å². The van der Waals surface area contributed by atoms with Gasteiger partial charge in [0.1, 0.15) is 5.41 Å². The van der Waals surface area contributed by atoms with E-state index in [0.29, 0.717) is 42.4 Å². The number of hydrogen-bond acceptors (Lipinski definition) is 3. The lowest BCUT2D eigenvalue weighted by molar-refractivity contribution is -0.150. The number of amides is 2. The number of piperazine rings is 1. The summed E-state index contributed by atoms with van der Waals surface area (Å²) in [5, 5.41) is 10.1. The van der Waals surface area contributed by atoms with E-state index in [4.69, 9.17) is 11.6 Å². The van der Waals surface area contributed by atoms with Gasteiger partial charge >= 0.3 is 0 Å². The van der Waals surface area contributed by atoms with Crippen molar-refractivity contribution in [3.8, 4) is 6.07 Å². The van der Waals surface area contributed by atoms with E-state index >= 15 is 0 Å². The van der Waals surface area contributed by atoms with E-state index in [1.165, 1.54) is 0 Å². The molecule has 2 bridgehead atoms. The van der Waals surface area contributed by atoms with Crippen LogP contribution in [0.5, 0.6) is 0 Å². The van der Waals surface area contributed by atoms with Crippen LogP contribution in [0.4, 0.5) is 0 Å². The summed E-state index contributed by atoms with van der Waals surface area (Å²) in [5.41, 5.74) is -0.243. The summed E-state index contributed by atoms with van der Waals surface area (Å²) < 4.78 is 0. The van der Waals surface area contributed by atoms with Gasteiger partial charge in [-0.15, -0.1) is 0 Å². The number of nitriles is 1. The smallest absolute Gasteiger partial charge is 0.254 e. The Morgan fingerprint density at radius 3 is 2.44 bits per heavy atom. The molecule has 2 amide bonds. The fraction of sp³-hybridized carbons (Fsp3) is 0.571. The standard InChI is InChI=1S/C21H24ClN3O2/c1-14-9-21(10-14,13-23)20(27)24-11-17-6-3-7-18(12-24)25(17)19(26)15-4-2-5-16(22)8-15/h2,4-5,8,14,17-18H,3,6-7,9-12H2,1H3. The first-order valence-electron chi connectivity index (χ1n) is 9.72. The van der Waals surface area contributed by atoms with E-state index in [0.717, 1.165) is 19.3 Å². The van der Waals surface area contributed by atoms with Crippen LogP contribution in [-0.4, -0.2) is 46.8 Å². The van der Waals surface area contributed by atoms with E-state index in [2.05, 4.69) is 13.0 Å². The molecule has 0 spiro atoms. The third kappa shape index (κ3) is 3.10. The van der Waals surface area contributed by atoms with E-state index in [1.54, 1.807) is 24.3 Å². The van der Waals surface area contributed by atoms with Gasteiger partial charge in [0.15, 0.2) is 0 Å². The Balaban J connectivity index is 1.54. The van der Waals surface area contributed by atoms with Crippen molar-refractivity contribution in [1.29, 1.82) is 5.26 Å². The van der Waals surface area contributed by atoms with Crippen molar-refractivity contribution in [3.63, 3.8) is 0 Å². The van der Waals surface area contributed by atoms with Crippen LogP contribution < -0.4 is 0 Å². The van der Waals surface area contributed by atoms with Crippen LogP contribution in [0.2, 0.25) is 5.02 Å². The topological polar surface area (TPSA) is 64.4 Å². The summed E-state index contributed by atoms with van der Waals surface area (Å²) in [5.74, 6) is 0.389. The van der Waals surface area contributed by atoms with E-state index in [-0.39, 0.29) is 23.9 Å². The monoisotopic (exact) mass is 385 g/mol. The normalized spacial score (nSPS) is 32.4. The molecule has 27 heavy (non-hydrogen) atoms. The number of halogens is 1. The minimum absolute atomic E-state index is 0.00781. The number of likely N-dealkylation sites (tertiary alicyclic amines) is 1. The van der Waals surface area contributed by atoms with Crippen LogP contribution in [0.15, 0.2) is 24.3 Å². The molecule has 2 heterocycles. The molecule has 2 saturated heterocycles. The van der Waals surface area contributed by atoms with Gasteiger partial charge < -0.3 is 9.80 Å². The molecule has 0 aromatic heterocycles. The summed E-state index contributed by atoms with van der Waals surface area (Å²) in [6, 6.07) is 9.37. The maximum Gasteiger partial charge on any atom is 0.254 e. The van der Waals surface area contributed by atoms with Gasteiger partial charge in [0.25, 0.3) is 5.91 Å². The Morgan fingerprint density at radius 1 is 1.22 bits per heavy atom. The van der Waals surface area contributed by atoms with E-state index < -0.39 is 5.41 Å². The second-order valence-electron chi connectivity index (χ2n) is 8.38. The maximum atomic E-state index is 13.1. The number of carbonyl (C=O) groups is 2. The molecule has 2 aliphatic heterocycles. The van der Waals surface area contributed by atoms with Gasteiger partial charge in [0.2, 0.25) is 5.91 Å². The first-order valence-corrected chi connectivity index (χ1v) is 10.1. The first kappa shape index (κ1) is 18.3. The summed E-state index contributed by atoms with van der Waals surface area (Å²) in [4.78, 5) is 30.0. The minimum Gasteiger partial charge on any atom is -0.337 e. The number of hydrogen-bond donors (Lipinski definition) is 0. The van der Waals surface area contributed by atoms with Gasteiger partial charge in [0.05, 0.1) is 6.07 Å². The molecule has 2 atom stereocenters. The van der Waals surface area contributed by atoms with Crippen molar-refractivity contribution in [1.82, 2.24) is 9.80 Å². The molecule has 3 aliphatic rings. The molecule has 0 N–H and O–H groups in total. The predicted octanol–water partition coefficient (Wildman–Crippen LogP) is 3.49. The Morgan fingerprint density at radius 2 is 1.89 bits per heavy atom. The lowest BCUT2D eigenvalue weighted by atomic mass is 9.62. The highest BCUT2D eigenvalue weighted by atomic mass is 35.5. The third-order valence-corrected chi connectivity index (χ3v) is 6.57. The number of nitrogens with zero attached hydrogens (tertiary/aromatic N) is 3. The van der Waals surface area contributed by atoms with Crippen molar-refractivity contribution < 1.29 is 9.59 Å². The Labute approximate surface area is 164 Å². The largest absolute Gasteiger partial charge is 0.337 e. The van der Waals surface area contributed by atoms with Crippen LogP contribution in [0.3, 0.4) is 0 Å². The molecule has 3 fully saturated rings. The number of piperidine rings is 1. The average Bonchev–Trinajstić information content (AvgIpc) is 2.63. The third-order valence-electron chi connectivity index (χ3n) is 6.33. The Kier molecular flexibility index (Phi) is 4.63. The molecule has 1 aromatic rings.